The second-order valence-electron chi connectivity index (χ2n) is 20.8. The summed E-state index contributed by atoms with van der Waals surface area (Å²) in [6.07, 6.45) is 13.6. The lowest BCUT2D eigenvalue weighted by Crippen LogP contribution is -2.60. The number of nitrogens with zero attached hydrogens (tertiary/aromatic N) is 2. The highest BCUT2D eigenvalue weighted by molar-refractivity contribution is 6.43. The molecule has 5 rings (SSSR count). The Hall–Kier alpha value is -7.83. The average Bonchev–Trinajstić information content (AvgIpc) is 3.75. The van der Waals surface area contributed by atoms with Gasteiger partial charge in [0.2, 0.25) is 35.4 Å². The Morgan fingerprint density at radius 1 is 0.738 bits per heavy atom. The van der Waals surface area contributed by atoms with Crippen molar-refractivity contribution in [2.24, 2.45) is 11.8 Å². The summed E-state index contributed by atoms with van der Waals surface area (Å²) < 4.78 is 16.5. The molecule has 19 heteroatoms. The van der Waals surface area contributed by atoms with Crippen LogP contribution in [0.2, 0.25) is 0 Å². The van der Waals surface area contributed by atoms with Gasteiger partial charge >= 0.3 is 5.97 Å². The molecule has 5 atom stereocenters. The molecule has 0 aromatic heterocycles. The van der Waals surface area contributed by atoms with Gasteiger partial charge in [0.25, 0.3) is 11.7 Å². The third-order valence-corrected chi connectivity index (χ3v) is 14.2. The summed E-state index contributed by atoms with van der Waals surface area (Å²) in [5.41, 5.74) is 1.64. The molecule has 7 amide bonds. The second kappa shape index (κ2) is 32.9. The molecule has 0 spiro atoms. The number of amides is 7. The molecule has 5 N–H and O–H groups in total. The molecule has 2 fully saturated rings. The van der Waals surface area contributed by atoms with Crippen LogP contribution < -0.4 is 36.1 Å². The molecule has 1 saturated carbocycles. The molecule has 432 valence electrons. The van der Waals surface area contributed by atoms with Gasteiger partial charge in [0.1, 0.15) is 36.8 Å². The number of methoxy groups -OCH3 is 1. The van der Waals surface area contributed by atoms with E-state index in [4.69, 9.17) is 14.2 Å². The number of Topliss-reactive ketones (excluding diaryl/α,β-unsaturated/α-hetero) is 1. The third kappa shape index (κ3) is 20.1. The van der Waals surface area contributed by atoms with Crippen molar-refractivity contribution in [3.63, 3.8) is 0 Å². The van der Waals surface area contributed by atoms with Gasteiger partial charge in [-0.2, -0.15) is 0 Å². The van der Waals surface area contributed by atoms with Crippen LogP contribution in [0.15, 0.2) is 104 Å². The first-order valence-corrected chi connectivity index (χ1v) is 27.9. The minimum absolute atomic E-state index is 0.0343. The smallest absolute Gasteiger partial charge is 0.309 e. The predicted molar refractivity (Wildman–Crippen MR) is 302 cm³/mol. The Morgan fingerprint density at radius 3 is 2.08 bits per heavy atom. The van der Waals surface area contributed by atoms with E-state index in [1.165, 1.54) is 68.0 Å². The zero-order chi connectivity index (χ0) is 58.0. The first-order chi connectivity index (χ1) is 38.5. The lowest BCUT2D eigenvalue weighted by atomic mass is 9.98. The Morgan fingerprint density at radius 2 is 1.41 bits per heavy atom. The van der Waals surface area contributed by atoms with Crippen LogP contribution in [0.25, 0.3) is 0 Å². The highest BCUT2D eigenvalue weighted by Gasteiger charge is 2.38. The number of hydrogen-bond donors (Lipinski definition) is 5. The number of aryl methyl sites for hydroxylation is 1. The monoisotopic (exact) mass is 1100 g/mol. The Balaban J connectivity index is 1.20. The predicted octanol–water partition coefficient (Wildman–Crippen LogP) is 5.35. The number of likely N-dealkylation sites (tertiary alicyclic amines) is 1. The summed E-state index contributed by atoms with van der Waals surface area (Å²) in [7, 11) is 2.89. The summed E-state index contributed by atoms with van der Waals surface area (Å²) in [6, 6.07) is 16.8. The maximum atomic E-state index is 14.2. The lowest BCUT2D eigenvalue weighted by molar-refractivity contribution is -0.144. The molecule has 1 heterocycles. The van der Waals surface area contributed by atoms with Crippen LogP contribution in [-0.4, -0.2) is 140 Å². The number of hydrogen-bond acceptors (Lipinski definition) is 12. The van der Waals surface area contributed by atoms with E-state index in [9.17, 15) is 43.2 Å². The van der Waals surface area contributed by atoms with Crippen molar-refractivity contribution in [1.29, 1.82) is 0 Å². The summed E-state index contributed by atoms with van der Waals surface area (Å²) in [6.45, 7) is 8.95. The first kappa shape index (κ1) is 63.0. The molecule has 5 unspecified atom stereocenters. The summed E-state index contributed by atoms with van der Waals surface area (Å²) in [5.74, 6) is -5.38. The maximum absolute atomic E-state index is 14.2. The maximum Gasteiger partial charge on any atom is 0.309 e. The van der Waals surface area contributed by atoms with Crippen molar-refractivity contribution >= 4 is 53.1 Å². The topological polar surface area (TPSA) is 248 Å². The number of benzene rings is 3. The number of likely N-dealkylation sites (N-methyl/N-ethyl adjacent to an activating group) is 1. The number of piperidine rings is 1. The van der Waals surface area contributed by atoms with E-state index in [1.54, 1.807) is 50.3 Å². The third-order valence-electron chi connectivity index (χ3n) is 14.2. The van der Waals surface area contributed by atoms with Crippen molar-refractivity contribution in [3.05, 3.63) is 120 Å². The van der Waals surface area contributed by atoms with Crippen molar-refractivity contribution in [3.8, 4) is 11.5 Å². The lowest BCUT2D eigenvalue weighted by Gasteiger charge is -2.35. The Bertz CT molecular complexity index is 2600. The largest absolute Gasteiger partial charge is 0.493 e. The molecule has 3 aromatic carbocycles. The minimum atomic E-state index is -1.23. The number of carbonyl (C=O) groups is 9. The van der Waals surface area contributed by atoms with Gasteiger partial charge in [0.05, 0.1) is 26.7 Å². The Labute approximate surface area is 470 Å². The molecule has 1 aliphatic heterocycles. The number of ketones is 1. The molecule has 80 heavy (non-hydrogen) atoms. The van der Waals surface area contributed by atoms with E-state index in [2.05, 4.69) is 33.2 Å². The highest BCUT2D eigenvalue weighted by Crippen LogP contribution is 2.29. The molecule has 0 radical (unpaired) electrons. The second-order valence-corrected chi connectivity index (χ2v) is 20.8. The number of carbonyl (C=O) groups excluding carboxylic acids is 9. The first-order valence-electron chi connectivity index (χ1n) is 27.9. The molecule has 1 aliphatic carbocycles. The van der Waals surface area contributed by atoms with Crippen molar-refractivity contribution in [2.45, 2.75) is 134 Å². The summed E-state index contributed by atoms with van der Waals surface area (Å²) >= 11 is 0. The van der Waals surface area contributed by atoms with Gasteiger partial charge in [-0.15, -0.1) is 0 Å². The van der Waals surface area contributed by atoms with Crippen LogP contribution in [0.1, 0.15) is 113 Å². The van der Waals surface area contributed by atoms with Crippen LogP contribution in [0, 0.1) is 11.8 Å². The summed E-state index contributed by atoms with van der Waals surface area (Å²) in [4.78, 5) is 126. The fraction of sp³-hybridized carbons (Fsp3) is 0.492. The van der Waals surface area contributed by atoms with Crippen LogP contribution in [0.4, 0.5) is 0 Å². The minimum Gasteiger partial charge on any atom is -0.493 e. The van der Waals surface area contributed by atoms with Gasteiger partial charge in [-0.3, -0.25) is 43.2 Å². The molecule has 2 aliphatic rings. The summed E-state index contributed by atoms with van der Waals surface area (Å²) in [5, 5.41) is 13.8. The standard InChI is InChI=1S/C61H81N7O12/c1-7-36-79-51-38-46(31-33-50(51)78-6)55(71)61(77)68-35-21-19-28-49(68)58(74)64-47(32-30-43-22-14-10-15-23-43)57(73)63-42(4)56(72)66-54(41(2)3)59(75)65-48(37-44-24-16-11-17-25-44)60(76)67(5)39-52(69)62-34-20-18-29-53(70)80-40-45-26-12-8-9-13-27-45/h7,10-11,14-18,20,22-25,31,33,38,41-42,45,47-49,54H,1,8-9,12-13,19,21,26-30,32,34-37,39-40H2,2-6H3,(H,62,69)(H,63,73)(H,64,74)(H,65,75)(H,66,72)/b20-18+. The number of ether oxygens (including phenoxy) is 3. The van der Waals surface area contributed by atoms with Gasteiger partial charge in [-0.25, -0.2) is 0 Å². The highest BCUT2D eigenvalue weighted by atomic mass is 16.5. The molecule has 19 nitrogen and oxygen atoms in total. The fourth-order valence-corrected chi connectivity index (χ4v) is 9.63. The quantitative estimate of drug-likeness (QED) is 0.0194. The number of nitrogens with one attached hydrogen (secondary N) is 5. The molecular formula is C61H81N7O12. The van der Waals surface area contributed by atoms with Crippen LogP contribution in [-0.2, 0) is 55.9 Å². The van der Waals surface area contributed by atoms with E-state index in [0.29, 0.717) is 37.5 Å². The van der Waals surface area contributed by atoms with Crippen LogP contribution in [0.5, 0.6) is 11.5 Å². The zero-order valence-electron chi connectivity index (χ0n) is 47.0. The van der Waals surface area contributed by atoms with Crippen LogP contribution in [0.3, 0.4) is 0 Å². The molecule has 0 bridgehead atoms. The SMILES string of the molecule is C=CCOc1cc(C(=O)C(=O)N2CCCCC2C(=O)NC(CCc2ccccc2)C(=O)NC(C)C(=O)NC(C(=O)NC(Cc2ccccc2)C(=O)N(C)CC(=O)NC/C=C/CC(=O)OCC2CCCCCC2)C(C)C)ccc1OC. The van der Waals surface area contributed by atoms with E-state index in [-0.39, 0.29) is 69.2 Å². The van der Waals surface area contributed by atoms with Gasteiger partial charge in [-0.1, -0.05) is 125 Å². The fourth-order valence-electron chi connectivity index (χ4n) is 9.63. The van der Waals surface area contributed by atoms with Gasteiger partial charge in [-0.05, 0) is 93.0 Å². The van der Waals surface area contributed by atoms with E-state index in [0.717, 1.165) is 36.8 Å². The Kier molecular flexibility index (Phi) is 25.9. The van der Waals surface area contributed by atoms with Gasteiger partial charge in [0.15, 0.2) is 11.5 Å². The van der Waals surface area contributed by atoms with Crippen molar-refractivity contribution < 1.29 is 57.4 Å². The number of rotatable bonds is 29. The number of esters is 1. The van der Waals surface area contributed by atoms with E-state index in [1.807, 2.05) is 36.4 Å². The van der Waals surface area contributed by atoms with Crippen molar-refractivity contribution in [1.82, 2.24) is 36.4 Å². The molecule has 1 saturated heterocycles. The molecular weight excluding hydrogens is 1020 g/mol. The van der Waals surface area contributed by atoms with E-state index < -0.39 is 83.3 Å². The van der Waals surface area contributed by atoms with Gasteiger partial charge in [0, 0.05) is 32.1 Å². The zero-order valence-corrected chi connectivity index (χ0v) is 47.0. The van der Waals surface area contributed by atoms with Gasteiger partial charge < -0.3 is 50.6 Å². The normalized spacial score (nSPS) is 16.1. The average molecular weight is 1100 g/mol. The van der Waals surface area contributed by atoms with Crippen molar-refractivity contribution in [2.75, 3.05) is 47.0 Å². The van der Waals surface area contributed by atoms with E-state index >= 15 is 0 Å². The molecule has 3 aromatic rings. The van der Waals surface area contributed by atoms with Crippen LogP contribution >= 0.6 is 0 Å².